The fourth-order valence-corrected chi connectivity index (χ4v) is 2.72. The van der Waals surface area contributed by atoms with Crippen LogP contribution in [0.25, 0.3) is 11.4 Å². The van der Waals surface area contributed by atoms with Crippen LogP contribution in [0, 0.1) is 5.82 Å². The summed E-state index contributed by atoms with van der Waals surface area (Å²) < 4.78 is 19.0. The van der Waals surface area contributed by atoms with Gasteiger partial charge in [0, 0.05) is 16.5 Å². The van der Waals surface area contributed by atoms with E-state index >= 15 is 0 Å². The molecular weight excluding hydrogens is 315 g/mol. The smallest absolute Gasteiger partial charge is 0.237 e. The molecule has 98 valence electrons. The third-order valence-electron chi connectivity index (χ3n) is 3.17. The number of hydrogen-bond acceptors (Lipinski definition) is 4. The van der Waals surface area contributed by atoms with Gasteiger partial charge < -0.3 is 4.52 Å². The number of ketones is 1. The molecule has 1 fully saturated rings. The standard InChI is InChI=1S/C13H10BrFN2O2/c14-8-4-7(5-9(15)6-8)12-16-13(19-17-12)10-2-1-3-11(10)18/h4-6,10H,1-3H2. The molecule has 0 bridgehead atoms. The molecule has 0 aliphatic heterocycles. The Morgan fingerprint density at radius 3 is 2.89 bits per heavy atom. The minimum Gasteiger partial charge on any atom is -0.338 e. The maximum Gasteiger partial charge on any atom is 0.237 e. The molecule has 0 N–H and O–H groups in total. The summed E-state index contributed by atoms with van der Waals surface area (Å²) in [6.07, 6.45) is 2.16. The molecule has 1 atom stereocenters. The Morgan fingerprint density at radius 2 is 2.21 bits per heavy atom. The van der Waals surface area contributed by atoms with Gasteiger partial charge in [-0.15, -0.1) is 0 Å². The van der Waals surface area contributed by atoms with Crippen LogP contribution in [0.4, 0.5) is 4.39 Å². The second-order valence-corrected chi connectivity index (χ2v) is 5.44. The fraction of sp³-hybridized carbons (Fsp3) is 0.308. The lowest BCUT2D eigenvalue weighted by Gasteiger charge is -1.99. The number of rotatable bonds is 2. The van der Waals surface area contributed by atoms with Gasteiger partial charge in [0.05, 0.1) is 5.92 Å². The van der Waals surface area contributed by atoms with E-state index in [2.05, 4.69) is 26.1 Å². The lowest BCUT2D eigenvalue weighted by atomic mass is 10.1. The normalized spacial score (nSPS) is 19.1. The van der Waals surface area contributed by atoms with Crippen LogP contribution in [-0.2, 0) is 4.79 Å². The zero-order valence-electron chi connectivity index (χ0n) is 9.90. The van der Waals surface area contributed by atoms with Gasteiger partial charge in [0.2, 0.25) is 11.7 Å². The van der Waals surface area contributed by atoms with Crippen molar-refractivity contribution in [2.75, 3.05) is 0 Å². The van der Waals surface area contributed by atoms with Crippen molar-refractivity contribution >= 4 is 21.7 Å². The molecule has 2 aromatic rings. The third-order valence-corrected chi connectivity index (χ3v) is 3.62. The Balaban J connectivity index is 1.94. The van der Waals surface area contributed by atoms with Crippen molar-refractivity contribution in [2.24, 2.45) is 0 Å². The van der Waals surface area contributed by atoms with E-state index in [9.17, 15) is 9.18 Å². The highest BCUT2D eigenvalue weighted by atomic mass is 79.9. The van der Waals surface area contributed by atoms with Crippen molar-refractivity contribution in [1.29, 1.82) is 0 Å². The van der Waals surface area contributed by atoms with Crippen molar-refractivity contribution in [1.82, 2.24) is 10.1 Å². The SMILES string of the molecule is O=C1CCCC1c1nc(-c2cc(F)cc(Br)c2)no1. The number of hydrogen-bond donors (Lipinski definition) is 0. The monoisotopic (exact) mass is 324 g/mol. The summed E-state index contributed by atoms with van der Waals surface area (Å²) in [5, 5.41) is 3.82. The van der Waals surface area contributed by atoms with Crippen LogP contribution in [0.2, 0.25) is 0 Å². The van der Waals surface area contributed by atoms with Gasteiger partial charge in [0.15, 0.2) is 0 Å². The van der Waals surface area contributed by atoms with E-state index in [4.69, 9.17) is 4.52 Å². The van der Waals surface area contributed by atoms with Crippen LogP contribution >= 0.6 is 15.9 Å². The van der Waals surface area contributed by atoms with Crippen molar-refractivity contribution < 1.29 is 13.7 Å². The Hall–Kier alpha value is -1.56. The highest BCUT2D eigenvalue weighted by molar-refractivity contribution is 9.10. The predicted molar refractivity (Wildman–Crippen MR) is 69.0 cm³/mol. The molecular formula is C13H10BrFN2O2. The Labute approximate surface area is 117 Å². The van der Waals surface area contributed by atoms with Gasteiger partial charge >= 0.3 is 0 Å². The van der Waals surface area contributed by atoms with E-state index in [0.29, 0.717) is 28.2 Å². The molecule has 19 heavy (non-hydrogen) atoms. The van der Waals surface area contributed by atoms with E-state index in [1.807, 2.05) is 0 Å². The first-order chi connectivity index (χ1) is 9.13. The number of carbonyl (C=O) groups is 1. The highest BCUT2D eigenvalue weighted by Gasteiger charge is 2.31. The molecule has 1 aliphatic carbocycles. The summed E-state index contributed by atoms with van der Waals surface area (Å²) >= 11 is 3.21. The van der Waals surface area contributed by atoms with Crippen molar-refractivity contribution in [3.63, 3.8) is 0 Å². The topological polar surface area (TPSA) is 56.0 Å². The summed E-state index contributed by atoms with van der Waals surface area (Å²) in [7, 11) is 0. The highest BCUT2D eigenvalue weighted by Crippen LogP contribution is 2.31. The van der Waals surface area contributed by atoms with E-state index in [1.54, 1.807) is 6.07 Å². The number of aromatic nitrogens is 2. The summed E-state index contributed by atoms with van der Waals surface area (Å²) in [6.45, 7) is 0. The quantitative estimate of drug-likeness (QED) is 0.848. The Bertz CT molecular complexity index is 621. The summed E-state index contributed by atoms with van der Waals surface area (Å²) in [6, 6.07) is 4.38. The molecule has 0 amide bonds. The zero-order chi connectivity index (χ0) is 13.4. The first kappa shape index (κ1) is 12.5. The molecule has 1 aliphatic rings. The molecule has 1 aromatic heterocycles. The molecule has 6 heteroatoms. The van der Waals surface area contributed by atoms with E-state index < -0.39 is 0 Å². The minimum atomic E-state index is -0.382. The Kier molecular flexibility index (Phi) is 3.18. The average Bonchev–Trinajstić information content (AvgIpc) is 2.95. The van der Waals surface area contributed by atoms with Crippen LogP contribution < -0.4 is 0 Å². The fourth-order valence-electron chi connectivity index (χ4n) is 2.25. The number of benzene rings is 1. The number of halogens is 2. The van der Waals surface area contributed by atoms with Gasteiger partial charge in [-0.1, -0.05) is 21.1 Å². The average molecular weight is 325 g/mol. The first-order valence-corrected chi connectivity index (χ1v) is 6.75. The number of carbonyl (C=O) groups excluding carboxylic acids is 1. The molecule has 1 aromatic carbocycles. The molecule has 3 rings (SSSR count). The van der Waals surface area contributed by atoms with Crippen molar-refractivity contribution in [2.45, 2.75) is 25.2 Å². The van der Waals surface area contributed by atoms with Gasteiger partial charge in [-0.05, 0) is 31.0 Å². The van der Waals surface area contributed by atoms with E-state index in [1.165, 1.54) is 12.1 Å². The van der Waals surface area contributed by atoms with Crippen molar-refractivity contribution in [3.05, 3.63) is 34.4 Å². The van der Waals surface area contributed by atoms with E-state index in [-0.39, 0.29) is 17.5 Å². The zero-order valence-corrected chi connectivity index (χ0v) is 11.5. The number of nitrogens with zero attached hydrogens (tertiary/aromatic N) is 2. The molecule has 0 radical (unpaired) electrons. The molecule has 0 saturated heterocycles. The minimum absolute atomic E-state index is 0.135. The van der Waals surface area contributed by atoms with Gasteiger partial charge in [-0.25, -0.2) is 4.39 Å². The van der Waals surface area contributed by atoms with Crippen LogP contribution in [0.15, 0.2) is 27.2 Å². The molecule has 1 unspecified atom stereocenters. The van der Waals surface area contributed by atoms with Gasteiger partial charge in [-0.3, -0.25) is 4.79 Å². The predicted octanol–water partition coefficient (Wildman–Crippen LogP) is 3.47. The first-order valence-electron chi connectivity index (χ1n) is 5.96. The molecule has 0 spiro atoms. The summed E-state index contributed by atoms with van der Waals surface area (Å²) in [5.74, 6) is 0.0920. The molecule has 1 heterocycles. The maximum atomic E-state index is 13.3. The molecule has 1 saturated carbocycles. The van der Waals surface area contributed by atoms with Crippen LogP contribution in [0.1, 0.15) is 31.1 Å². The molecule has 4 nitrogen and oxygen atoms in total. The second kappa shape index (κ2) is 4.85. The lowest BCUT2D eigenvalue weighted by molar-refractivity contribution is -0.119. The van der Waals surface area contributed by atoms with Gasteiger partial charge in [0.1, 0.15) is 11.6 Å². The largest absolute Gasteiger partial charge is 0.338 e. The lowest BCUT2D eigenvalue weighted by Crippen LogP contribution is -2.04. The van der Waals surface area contributed by atoms with Gasteiger partial charge in [-0.2, -0.15) is 4.98 Å². The van der Waals surface area contributed by atoms with Crippen LogP contribution in [0.5, 0.6) is 0 Å². The third kappa shape index (κ3) is 2.45. The van der Waals surface area contributed by atoms with Crippen LogP contribution in [-0.4, -0.2) is 15.9 Å². The summed E-state index contributed by atoms with van der Waals surface area (Å²) in [5.41, 5.74) is 0.521. The van der Waals surface area contributed by atoms with Crippen molar-refractivity contribution in [3.8, 4) is 11.4 Å². The number of Topliss-reactive ketones (excluding diaryl/α,β-unsaturated/α-hetero) is 1. The van der Waals surface area contributed by atoms with Gasteiger partial charge in [0.25, 0.3) is 0 Å². The summed E-state index contributed by atoms with van der Waals surface area (Å²) in [4.78, 5) is 15.8. The van der Waals surface area contributed by atoms with Crippen LogP contribution in [0.3, 0.4) is 0 Å². The van der Waals surface area contributed by atoms with E-state index in [0.717, 1.165) is 12.8 Å². The Morgan fingerprint density at radius 1 is 1.37 bits per heavy atom. The second-order valence-electron chi connectivity index (χ2n) is 4.53. The maximum absolute atomic E-state index is 13.3.